The summed E-state index contributed by atoms with van der Waals surface area (Å²) < 4.78 is 445. The molecule has 0 rings (SSSR count). The van der Waals surface area contributed by atoms with Crippen LogP contribution >= 0.6 is 0 Å². The average molecular weight is 2060 g/mol. The standard InChI is InChI=1S/C24H35F9O6.C20H30F6O6.C19H25F9O7.C17H23F7O6/c1-9-21(8,18(36)38-14(13(2)3)10-20(6,7)24(31,32)33)12-19(4,5)17(35)37-11-15(34)39-16(22(25,26)27)23(28,29)30;1-7-13(15(27)31-12(4)8-19(21,22)23)9-18(5,6)17(29)32-14(11(2)3)16(28)30-10-20(24,25)26;1-5-16(4,14(32)33-8-6-7-17(20,21)22)9-15(2,3)13(31)35-11(30)10(29)34-12(18(23,24)25)19(26,27)28;1-5-10(13(26)30-11(6-2)16(19,20)21)7-15(4,17(22,23)24)14(27)28-8-12(25)29-9(3)18/h13-14,16H,9-12H2,1-8H3;11-14H,7-10H2,1-6H3;11-12,30H,5-9H2,1-4H3;9-11H,5-8H2,1-4H3. The molecule has 0 aliphatic rings. The zero-order chi connectivity index (χ0) is 109. The van der Waals surface area contributed by atoms with E-state index in [1.807, 2.05) is 0 Å². The summed E-state index contributed by atoms with van der Waals surface area (Å²) in [5.41, 5.74) is -13.3. The average Bonchev–Trinajstić information content (AvgIpc) is 0.781. The van der Waals surface area contributed by atoms with Gasteiger partial charge in [-0.05, 0) is 146 Å². The molecule has 1 N–H and O–H groups in total. The van der Waals surface area contributed by atoms with Gasteiger partial charge in [-0.1, -0.05) is 76.2 Å². The van der Waals surface area contributed by atoms with Crippen molar-refractivity contribution in [2.45, 2.75) is 347 Å². The maximum absolute atomic E-state index is 13.6. The van der Waals surface area contributed by atoms with Crippen molar-refractivity contribution < 1.29 is 256 Å². The van der Waals surface area contributed by atoms with Gasteiger partial charge in [0.05, 0.1) is 57.4 Å². The second-order valence-corrected chi connectivity index (χ2v) is 34.9. The third-order valence-corrected chi connectivity index (χ3v) is 19.6. The van der Waals surface area contributed by atoms with Crippen molar-refractivity contribution in [3.63, 3.8) is 0 Å². The van der Waals surface area contributed by atoms with E-state index in [-0.39, 0.29) is 38.5 Å². The van der Waals surface area contributed by atoms with E-state index in [1.165, 1.54) is 69.2 Å². The van der Waals surface area contributed by atoms with Crippen LogP contribution in [0.1, 0.15) is 236 Å². The SMILES string of the molecule is CCC(C)(CC(C)(C)C(=O)OC(O)C(=O)OC(C(F)(F)F)C(F)(F)F)C(=O)OCCCC(F)(F)F.CCC(C)(CC(C)(C)C(=O)OCC(=O)OC(C(F)(F)F)C(F)(F)F)C(=O)OC(CC(C)(C)C(F)(F)F)C(C)C.CCC(CC(C)(C(=O)OCC(=O)OC(C)F)C(F)(F)F)C(=O)OC(CC)C(F)(F)F.CCC(CC(C)(C)C(=O)OC(C(=O)OCC(F)(F)F)C(C)C)C(=O)OC(C)CC(F)(F)F. The van der Waals surface area contributed by atoms with Crippen LogP contribution in [0.4, 0.5) is 136 Å². The molecule has 0 aromatic heterocycles. The normalized spacial score (nSPS) is 16.2. The molecule has 0 saturated carbocycles. The van der Waals surface area contributed by atoms with Crippen LogP contribution in [-0.2, 0) is 114 Å². The van der Waals surface area contributed by atoms with Crippen molar-refractivity contribution >= 4 is 71.6 Å². The lowest BCUT2D eigenvalue weighted by molar-refractivity contribution is -0.317. The predicted octanol–water partition coefficient (Wildman–Crippen LogP) is 20.8. The van der Waals surface area contributed by atoms with Crippen LogP contribution in [0, 0.1) is 61.6 Å². The van der Waals surface area contributed by atoms with Gasteiger partial charge in [-0.2, -0.15) is 132 Å². The Bertz CT molecular complexity index is 3770. The van der Waals surface area contributed by atoms with E-state index in [1.54, 1.807) is 27.7 Å². The Kier molecular flexibility index (Phi) is 51.7. The first-order chi connectivity index (χ1) is 60.3. The summed E-state index contributed by atoms with van der Waals surface area (Å²) in [7, 11) is 0. The molecule has 0 fully saturated rings. The smallest absolute Gasteiger partial charge is 0.434 e. The molecule has 0 saturated heterocycles. The largest absolute Gasteiger partial charge is 0.465 e. The van der Waals surface area contributed by atoms with E-state index in [9.17, 15) is 199 Å². The molecule has 0 aliphatic carbocycles. The van der Waals surface area contributed by atoms with E-state index in [4.69, 9.17) is 18.9 Å². The van der Waals surface area contributed by atoms with Crippen LogP contribution in [0.2, 0.25) is 0 Å². The van der Waals surface area contributed by atoms with E-state index in [0.717, 1.165) is 48.5 Å². The lowest BCUT2D eigenvalue weighted by atomic mass is 9.72. The molecule has 25 nitrogen and oxygen atoms in total. The number of esters is 12. The number of aliphatic hydroxyl groups excluding tert-OH is 1. The summed E-state index contributed by atoms with van der Waals surface area (Å²) in [6.45, 7) is 21.9. The summed E-state index contributed by atoms with van der Waals surface area (Å²) in [4.78, 5) is 145. The highest BCUT2D eigenvalue weighted by Gasteiger charge is 2.63. The Balaban J connectivity index is -0.000000858. The van der Waals surface area contributed by atoms with Crippen molar-refractivity contribution in [1.29, 1.82) is 0 Å². The number of carbonyl (C=O) groups excluding carboxylic acids is 12. The Morgan fingerprint density at radius 3 is 1.11 bits per heavy atom. The van der Waals surface area contributed by atoms with Gasteiger partial charge in [0.1, 0.15) is 12.2 Å². The molecule has 136 heavy (non-hydrogen) atoms. The Morgan fingerprint density at radius 2 is 0.743 bits per heavy atom. The van der Waals surface area contributed by atoms with E-state index in [2.05, 4.69) is 37.9 Å². The summed E-state index contributed by atoms with van der Waals surface area (Å²) in [5.74, 6) is -21.4. The maximum atomic E-state index is 13.6. The molecule has 11 unspecified atom stereocenters. The van der Waals surface area contributed by atoms with Gasteiger partial charge in [0.15, 0.2) is 31.3 Å². The van der Waals surface area contributed by atoms with Crippen LogP contribution in [0.3, 0.4) is 0 Å². The lowest BCUT2D eigenvalue weighted by Crippen LogP contribution is -2.48. The highest BCUT2D eigenvalue weighted by molar-refractivity contribution is 5.86. The minimum absolute atomic E-state index is 0.00868. The number of ether oxygens (including phenoxy) is 12. The van der Waals surface area contributed by atoms with Gasteiger partial charge < -0.3 is 61.9 Å². The van der Waals surface area contributed by atoms with Gasteiger partial charge in [0, 0.05) is 19.3 Å². The maximum Gasteiger partial charge on any atom is 0.434 e. The fourth-order valence-electron chi connectivity index (χ4n) is 11.3. The zero-order valence-electron chi connectivity index (χ0n) is 77.4. The molecule has 0 heterocycles. The van der Waals surface area contributed by atoms with Crippen molar-refractivity contribution in [3.8, 4) is 0 Å². The summed E-state index contributed by atoms with van der Waals surface area (Å²) in [6, 6.07) is 0. The number of rotatable bonds is 44. The van der Waals surface area contributed by atoms with Gasteiger partial charge in [-0.15, -0.1) is 0 Å². The first-order valence-corrected chi connectivity index (χ1v) is 40.7. The molecular weight excluding hydrogens is 1950 g/mol. The molecule has 0 spiro atoms. The number of hydrogen-bond acceptors (Lipinski definition) is 25. The Morgan fingerprint density at radius 1 is 0.338 bits per heavy atom. The van der Waals surface area contributed by atoms with Crippen LogP contribution in [0.25, 0.3) is 0 Å². The first kappa shape index (κ1) is 134. The summed E-state index contributed by atoms with van der Waals surface area (Å²) in [6.07, 6.45) is -80.2. The quantitative estimate of drug-likeness (QED) is 0.0195. The van der Waals surface area contributed by atoms with Crippen LogP contribution < -0.4 is 0 Å². The van der Waals surface area contributed by atoms with Crippen LogP contribution in [0.15, 0.2) is 0 Å². The molecule has 0 aromatic carbocycles. The zero-order valence-corrected chi connectivity index (χ0v) is 77.4. The van der Waals surface area contributed by atoms with E-state index >= 15 is 0 Å². The van der Waals surface area contributed by atoms with Crippen molar-refractivity contribution in [3.05, 3.63) is 0 Å². The third kappa shape index (κ3) is 48.8. The lowest BCUT2D eigenvalue weighted by Gasteiger charge is -2.37. The molecular formula is C80H113F31O25. The van der Waals surface area contributed by atoms with Crippen molar-refractivity contribution in [2.75, 3.05) is 26.4 Å². The fourth-order valence-corrected chi connectivity index (χ4v) is 11.3. The molecule has 0 aromatic rings. The fraction of sp³-hybridized carbons (Fsp3) is 0.850. The molecule has 56 heteroatoms. The van der Waals surface area contributed by atoms with Gasteiger partial charge in [-0.25, -0.2) is 23.6 Å². The van der Waals surface area contributed by atoms with Gasteiger partial charge in [-0.3, -0.25) is 38.4 Å². The van der Waals surface area contributed by atoms with E-state index < -0.39 is 316 Å². The monoisotopic (exact) mass is 2060 g/mol. The van der Waals surface area contributed by atoms with Gasteiger partial charge in [0.2, 0.25) is 12.5 Å². The van der Waals surface area contributed by atoms with Crippen LogP contribution in [-0.4, -0.2) is 214 Å². The topological polar surface area (TPSA) is 336 Å². The van der Waals surface area contributed by atoms with Crippen LogP contribution in [0.5, 0.6) is 0 Å². The minimum atomic E-state index is -6.07. The number of hydrogen-bond donors (Lipinski definition) is 1. The summed E-state index contributed by atoms with van der Waals surface area (Å²) in [5, 5.41) is 9.47. The number of alkyl halides is 31. The second-order valence-electron chi connectivity index (χ2n) is 34.9. The van der Waals surface area contributed by atoms with E-state index in [0.29, 0.717) is 6.92 Å². The molecule has 11 atom stereocenters. The molecule has 0 amide bonds. The number of halogens is 31. The second kappa shape index (κ2) is 52.6. The number of carbonyl (C=O) groups is 12. The Labute approximate surface area is 760 Å². The highest BCUT2D eigenvalue weighted by atomic mass is 19.5. The highest BCUT2D eigenvalue weighted by Crippen LogP contribution is 2.49. The minimum Gasteiger partial charge on any atom is -0.465 e. The molecule has 0 bridgehead atoms. The summed E-state index contributed by atoms with van der Waals surface area (Å²) >= 11 is 0. The first-order valence-electron chi connectivity index (χ1n) is 40.7. The van der Waals surface area contributed by atoms with Gasteiger partial charge >= 0.3 is 133 Å². The Hall–Kier alpha value is -8.57. The molecule has 0 aliphatic heterocycles. The number of aliphatic hydroxyl groups is 1. The van der Waals surface area contributed by atoms with Crippen molar-refractivity contribution in [1.82, 2.24) is 0 Å². The predicted molar refractivity (Wildman–Crippen MR) is 403 cm³/mol. The molecule has 0 radical (unpaired) electrons. The van der Waals surface area contributed by atoms with Crippen molar-refractivity contribution in [2.24, 2.45) is 61.6 Å². The molecule has 800 valence electrons. The van der Waals surface area contributed by atoms with Gasteiger partial charge in [0.25, 0.3) is 18.5 Å². The third-order valence-electron chi connectivity index (χ3n) is 19.6.